The van der Waals surface area contributed by atoms with Crippen molar-refractivity contribution in [2.75, 3.05) is 6.61 Å². The maximum atomic E-state index is 6.25. The quantitative estimate of drug-likeness (QED) is 0.882. The third-order valence-corrected chi connectivity index (χ3v) is 4.02. The van der Waals surface area contributed by atoms with Crippen LogP contribution in [0.1, 0.15) is 43.2 Å². The maximum absolute atomic E-state index is 6.25. The van der Waals surface area contributed by atoms with Crippen molar-refractivity contribution in [1.29, 1.82) is 0 Å². The molecule has 1 aliphatic rings. The first kappa shape index (κ1) is 13.4. The minimum atomic E-state index is 0.186. The van der Waals surface area contributed by atoms with E-state index in [-0.39, 0.29) is 6.04 Å². The summed E-state index contributed by atoms with van der Waals surface area (Å²) in [6.07, 6.45) is 6.60. The Morgan fingerprint density at radius 1 is 1.22 bits per heavy atom. The normalized spacial score (nSPS) is 18.6. The number of ether oxygens (including phenoxy) is 1. The Labute approximate surface area is 111 Å². The van der Waals surface area contributed by atoms with Crippen LogP contribution in [-0.4, -0.2) is 12.6 Å². The van der Waals surface area contributed by atoms with E-state index in [1.165, 1.54) is 43.2 Å². The van der Waals surface area contributed by atoms with Gasteiger partial charge in [0.25, 0.3) is 0 Å². The fourth-order valence-corrected chi connectivity index (χ4v) is 2.85. The predicted molar refractivity (Wildman–Crippen MR) is 76.0 cm³/mol. The lowest BCUT2D eigenvalue weighted by atomic mass is 9.84. The van der Waals surface area contributed by atoms with Crippen molar-refractivity contribution in [1.82, 2.24) is 0 Å². The van der Waals surface area contributed by atoms with Crippen LogP contribution in [-0.2, 0) is 0 Å². The first-order chi connectivity index (χ1) is 8.66. The fourth-order valence-electron chi connectivity index (χ4n) is 2.85. The molecule has 0 radical (unpaired) electrons. The van der Waals surface area contributed by atoms with Crippen molar-refractivity contribution >= 4 is 0 Å². The van der Waals surface area contributed by atoms with Crippen molar-refractivity contribution in [3.05, 3.63) is 29.3 Å². The van der Waals surface area contributed by atoms with Gasteiger partial charge in [0.15, 0.2) is 0 Å². The summed E-state index contributed by atoms with van der Waals surface area (Å²) in [5, 5.41) is 0. The molecule has 2 heteroatoms. The van der Waals surface area contributed by atoms with Crippen molar-refractivity contribution < 1.29 is 4.74 Å². The molecule has 100 valence electrons. The van der Waals surface area contributed by atoms with Gasteiger partial charge in [0, 0.05) is 6.04 Å². The summed E-state index contributed by atoms with van der Waals surface area (Å²) in [5.41, 5.74) is 8.73. The fraction of sp³-hybridized carbons (Fsp3) is 0.625. The number of hydrogen-bond donors (Lipinski definition) is 1. The molecule has 1 atom stereocenters. The van der Waals surface area contributed by atoms with Gasteiger partial charge < -0.3 is 10.5 Å². The largest absolute Gasteiger partial charge is 0.492 e. The minimum absolute atomic E-state index is 0.186. The van der Waals surface area contributed by atoms with Gasteiger partial charge in [-0.1, -0.05) is 37.0 Å². The molecule has 2 nitrogen and oxygen atoms in total. The van der Waals surface area contributed by atoms with Gasteiger partial charge in [0.1, 0.15) is 12.4 Å². The van der Waals surface area contributed by atoms with Crippen LogP contribution >= 0.6 is 0 Å². The Balaban J connectivity index is 1.86. The molecule has 0 amide bonds. The molecule has 1 saturated carbocycles. The van der Waals surface area contributed by atoms with E-state index >= 15 is 0 Å². The van der Waals surface area contributed by atoms with Gasteiger partial charge in [-0.15, -0.1) is 0 Å². The Bertz CT molecular complexity index is 383. The van der Waals surface area contributed by atoms with Crippen LogP contribution < -0.4 is 10.5 Å². The molecule has 2 N–H and O–H groups in total. The summed E-state index contributed by atoms with van der Waals surface area (Å²) in [6, 6.07) is 6.49. The zero-order chi connectivity index (χ0) is 13.0. The zero-order valence-electron chi connectivity index (χ0n) is 11.6. The predicted octanol–water partition coefficient (Wildman–Crippen LogP) is 3.59. The molecule has 0 heterocycles. The van der Waals surface area contributed by atoms with Crippen LogP contribution in [0.3, 0.4) is 0 Å². The van der Waals surface area contributed by atoms with E-state index in [0.717, 1.165) is 5.75 Å². The summed E-state index contributed by atoms with van der Waals surface area (Å²) in [5.74, 6) is 1.64. The van der Waals surface area contributed by atoms with Gasteiger partial charge in [0.2, 0.25) is 0 Å². The summed E-state index contributed by atoms with van der Waals surface area (Å²) in [4.78, 5) is 0. The van der Waals surface area contributed by atoms with Crippen LogP contribution in [0.5, 0.6) is 5.75 Å². The van der Waals surface area contributed by atoms with Crippen molar-refractivity contribution in [2.24, 2.45) is 11.7 Å². The SMILES string of the molecule is Cc1ccc(OCC(N)C2CCCCC2)c(C)c1. The third-order valence-electron chi connectivity index (χ3n) is 4.02. The molecule has 0 saturated heterocycles. The third kappa shape index (κ3) is 3.49. The van der Waals surface area contributed by atoms with Crippen molar-refractivity contribution in [3.63, 3.8) is 0 Å². The second-order valence-corrected chi connectivity index (χ2v) is 5.64. The smallest absolute Gasteiger partial charge is 0.122 e. The van der Waals surface area contributed by atoms with Crippen molar-refractivity contribution in [2.45, 2.75) is 52.0 Å². The van der Waals surface area contributed by atoms with Gasteiger partial charge in [-0.2, -0.15) is 0 Å². The molecular weight excluding hydrogens is 222 g/mol. The average Bonchev–Trinajstić information content (AvgIpc) is 2.38. The highest BCUT2D eigenvalue weighted by Crippen LogP contribution is 2.26. The lowest BCUT2D eigenvalue weighted by Crippen LogP contribution is -2.37. The Hall–Kier alpha value is -1.02. The Morgan fingerprint density at radius 3 is 2.61 bits per heavy atom. The molecule has 0 aliphatic heterocycles. The van der Waals surface area contributed by atoms with Crippen LogP contribution in [0.25, 0.3) is 0 Å². The van der Waals surface area contributed by atoms with E-state index in [0.29, 0.717) is 12.5 Å². The summed E-state index contributed by atoms with van der Waals surface area (Å²) >= 11 is 0. The van der Waals surface area contributed by atoms with Gasteiger partial charge in [0.05, 0.1) is 0 Å². The molecular formula is C16H25NO. The summed E-state index contributed by atoms with van der Waals surface area (Å²) in [7, 11) is 0. The molecule has 1 aliphatic carbocycles. The topological polar surface area (TPSA) is 35.2 Å². The second-order valence-electron chi connectivity index (χ2n) is 5.64. The molecule has 2 rings (SSSR count). The number of hydrogen-bond acceptors (Lipinski definition) is 2. The summed E-state index contributed by atoms with van der Waals surface area (Å²) < 4.78 is 5.88. The number of nitrogens with two attached hydrogens (primary N) is 1. The van der Waals surface area contributed by atoms with Gasteiger partial charge in [-0.25, -0.2) is 0 Å². The molecule has 18 heavy (non-hydrogen) atoms. The number of rotatable bonds is 4. The Kier molecular flexibility index (Phi) is 4.65. The standard InChI is InChI=1S/C16H25NO/c1-12-8-9-16(13(2)10-12)18-11-15(17)14-6-4-3-5-7-14/h8-10,14-15H,3-7,11,17H2,1-2H3. The van der Waals surface area contributed by atoms with Crippen LogP contribution in [0.4, 0.5) is 0 Å². The molecule has 1 fully saturated rings. The molecule has 0 aromatic heterocycles. The molecule has 1 aromatic carbocycles. The highest BCUT2D eigenvalue weighted by molar-refractivity contribution is 5.35. The monoisotopic (exact) mass is 247 g/mol. The van der Waals surface area contributed by atoms with E-state index in [1.54, 1.807) is 0 Å². The van der Waals surface area contributed by atoms with Crippen molar-refractivity contribution in [3.8, 4) is 5.75 Å². The van der Waals surface area contributed by atoms with E-state index in [9.17, 15) is 0 Å². The van der Waals surface area contributed by atoms with E-state index < -0.39 is 0 Å². The molecule has 1 unspecified atom stereocenters. The Morgan fingerprint density at radius 2 is 1.94 bits per heavy atom. The number of benzene rings is 1. The van der Waals surface area contributed by atoms with Crippen LogP contribution in [0, 0.1) is 19.8 Å². The van der Waals surface area contributed by atoms with E-state index in [1.807, 2.05) is 0 Å². The maximum Gasteiger partial charge on any atom is 0.122 e. The zero-order valence-corrected chi connectivity index (χ0v) is 11.6. The van der Waals surface area contributed by atoms with Gasteiger partial charge in [-0.05, 0) is 44.2 Å². The average molecular weight is 247 g/mol. The lowest BCUT2D eigenvalue weighted by Gasteiger charge is -2.27. The van der Waals surface area contributed by atoms with Gasteiger partial charge in [-0.3, -0.25) is 0 Å². The highest BCUT2D eigenvalue weighted by atomic mass is 16.5. The summed E-state index contributed by atoms with van der Waals surface area (Å²) in [6.45, 7) is 4.84. The molecule has 0 spiro atoms. The molecule has 0 bridgehead atoms. The van der Waals surface area contributed by atoms with Gasteiger partial charge >= 0.3 is 0 Å². The van der Waals surface area contributed by atoms with E-state index in [2.05, 4.69) is 32.0 Å². The number of aryl methyl sites for hydroxylation is 2. The van der Waals surface area contributed by atoms with Crippen LogP contribution in [0.15, 0.2) is 18.2 Å². The van der Waals surface area contributed by atoms with Crippen LogP contribution in [0.2, 0.25) is 0 Å². The lowest BCUT2D eigenvalue weighted by molar-refractivity contribution is 0.213. The first-order valence-electron chi connectivity index (χ1n) is 7.12. The second kappa shape index (κ2) is 6.24. The molecule has 1 aromatic rings. The highest BCUT2D eigenvalue weighted by Gasteiger charge is 2.21. The first-order valence-corrected chi connectivity index (χ1v) is 7.12. The van der Waals surface area contributed by atoms with E-state index in [4.69, 9.17) is 10.5 Å². The minimum Gasteiger partial charge on any atom is -0.492 e.